The van der Waals surface area contributed by atoms with Crippen LogP contribution in [0.3, 0.4) is 0 Å². The van der Waals surface area contributed by atoms with Crippen molar-refractivity contribution < 1.29 is 13.5 Å². The van der Waals surface area contributed by atoms with Gasteiger partial charge < -0.3 is 9.26 Å². The third-order valence-electron chi connectivity index (χ3n) is 2.99. The zero-order valence-corrected chi connectivity index (χ0v) is 13.5. The van der Waals surface area contributed by atoms with E-state index in [1.807, 2.05) is 41.1 Å². The largest absolute Gasteiger partial charge is 0.497 e. The van der Waals surface area contributed by atoms with Crippen molar-refractivity contribution in [2.24, 2.45) is 0 Å². The van der Waals surface area contributed by atoms with Crippen LogP contribution in [0.4, 0.5) is 0 Å². The highest BCUT2D eigenvalue weighted by Crippen LogP contribution is 2.20. The molecule has 2 heterocycles. The molecule has 1 aromatic carbocycles. The van der Waals surface area contributed by atoms with E-state index in [0.29, 0.717) is 17.5 Å². The Morgan fingerprint density at radius 2 is 2.23 bits per heavy atom. The Hall–Kier alpha value is -1.99. The molecule has 0 N–H and O–H groups in total. The first-order valence-electron chi connectivity index (χ1n) is 6.57. The van der Waals surface area contributed by atoms with Crippen molar-refractivity contribution >= 4 is 22.1 Å². The summed E-state index contributed by atoms with van der Waals surface area (Å²) in [6.45, 7) is 0. The van der Waals surface area contributed by atoms with Crippen molar-refractivity contribution in [3.8, 4) is 17.2 Å². The summed E-state index contributed by atoms with van der Waals surface area (Å²) < 4.78 is 22.6. The summed E-state index contributed by atoms with van der Waals surface area (Å²) in [5.74, 6) is 2.38. The van der Waals surface area contributed by atoms with Crippen LogP contribution in [-0.4, -0.2) is 21.5 Å². The van der Waals surface area contributed by atoms with Crippen molar-refractivity contribution in [1.29, 1.82) is 0 Å². The van der Waals surface area contributed by atoms with Crippen molar-refractivity contribution in [3.05, 3.63) is 52.5 Å². The second-order valence-corrected chi connectivity index (χ2v) is 6.84. The molecule has 0 bridgehead atoms. The number of hydrogen-bond donors (Lipinski definition) is 0. The summed E-state index contributed by atoms with van der Waals surface area (Å²) >= 11 is 1.56. The average Bonchev–Trinajstić information content (AvgIpc) is 3.18. The van der Waals surface area contributed by atoms with Crippen molar-refractivity contribution in [2.45, 2.75) is 11.5 Å². The van der Waals surface area contributed by atoms with Gasteiger partial charge in [0.25, 0.3) is 5.89 Å². The number of benzene rings is 1. The number of aromatic nitrogens is 2. The van der Waals surface area contributed by atoms with Gasteiger partial charge in [0.05, 0.1) is 18.4 Å². The van der Waals surface area contributed by atoms with Crippen molar-refractivity contribution in [3.63, 3.8) is 0 Å². The number of methoxy groups -OCH3 is 1. The van der Waals surface area contributed by atoms with E-state index in [2.05, 4.69) is 10.1 Å². The van der Waals surface area contributed by atoms with Gasteiger partial charge in [-0.2, -0.15) is 16.3 Å². The van der Waals surface area contributed by atoms with Crippen LogP contribution in [0.25, 0.3) is 11.5 Å². The van der Waals surface area contributed by atoms with Gasteiger partial charge in [0.2, 0.25) is 0 Å². The van der Waals surface area contributed by atoms with E-state index in [1.165, 1.54) is 0 Å². The van der Waals surface area contributed by atoms with Gasteiger partial charge in [-0.3, -0.25) is 4.21 Å². The minimum Gasteiger partial charge on any atom is -0.497 e. The minimum absolute atomic E-state index is 0.269. The highest BCUT2D eigenvalue weighted by molar-refractivity contribution is 7.83. The molecule has 0 spiro atoms. The first kappa shape index (κ1) is 14.9. The standard InChI is InChI=1S/C15H14N2O3S2/c1-19-13-4-2-3-11(7-13)9-22(18)10-14-16-15(20-17-14)12-5-6-21-8-12/h2-8H,9-10H2,1H3/t22-/m1/s1. The van der Waals surface area contributed by atoms with Gasteiger partial charge >= 0.3 is 0 Å². The predicted octanol–water partition coefficient (Wildman–Crippen LogP) is 3.26. The molecule has 2 aromatic heterocycles. The fraction of sp³-hybridized carbons (Fsp3) is 0.200. The molecule has 0 aliphatic heterocycles. The first-order chi connectivity index (χ1) is 10.7. The Balaban J connectivity index is 1.64. The maximum absolute atomic E-state index is 12.2. The Labute approximate surface area is 134 Å². The van der Waals surface area contributed by atoms with Gasteiger partial charge in [0.15, 0.2) is 5.82 Å². The number of thiophene rings is 1. The van der Waals surface area contributed by atoms with Gasteiger partial charge in [-0.25, -0.2) is 0 Å². The number of ether oxygens (including phenoxy) is 1. The zero-order chi connectivity index (χ0) is 15.4. The summed E-state index contributed by atoms with van der Waals surface area (Å²) in [4.78, 5) is 4.28. The van der Waals surface area contributed by atoms with Crippen LogP contribution in [0, 0.1) is 0 Å². The molecule has 0 aliphatic rings. The van der Waals surface area contributed by atoms with E-state index in [0.717, 1.165) is 16.9 Å². The molecule has 3 rings (SSSR count). The van der Waals surface area contributed by atoms with E-state index >= 15 is 0 Å². The van der Waals surface area contributed by atoms with Crippen LogP contribution in [0.1, 0.15) is 11.4 Å². The Kier molecular flexibility index (Phi) is 4.65. The number of rotatable bonds is 6. The lowest BCUT2D eigenvalue weighted by Gasteiger charge is -2.03. The second-order valence-electron chi connectivity index (χ2n) is 4.61. The third-order valence-corrected chi connectivity index (χ3v) is 4.91. The molecule has 0 unspecified atom stereocenters. The van der Waals surface area contributed by atoms with Gasteiger partial charge in [-0.05, 0) is 29.1 Å². The number of nitrogens with zero attached hydrogens (tertiary/aromatic N) is 2. The van der Waals surface area contributed by atoms with E-state index in [-0.39, 0.29) is 5.75 Å². The SMILES string of the molecule is COc1cccc(C[S@@](=O)Cc2noc(-c3ccsc3)n2)c1. The maximum Gasteiger partial charge on any atom is 0.258 e. The Morgan fingerprint density at radius 3 is 3.00 bits per heavy atom. The normalized spacial score (nSPS) is 12.2. The summed E-state index contributed by atoms with van der Waals surface area (Å²) in [5, 5.41) is 7.77. The van der Waals surface area contributed by atoms with Crippen LogP contribution in [0.2, 0.25) is 0 Å². The summed E-state index contributed by atoms with van der Waals surface area (Å²) in [6, 6.07) is 9.46. The maximum atomic E-state index is 12.2. The van der Waals surface area contributed by atoms with Gasteiger partial charge in [0.1, 0.15) is 5.75 Å². The lowest BCUT2D eigenvalue weighted by Crippen LogP contribution is -2.01. The summed E-state index contributed by atoms with van der Waals surface area (Å²) in [5.41, 5.74) is 1.85. The first-order valence-corrected chi connectivity index (χ1v) is 9.01. The molecule has 22 heavy (non-hydrogen) atoms. The average molecular weight is 334 g/mol. The molecule has 0 amide bonds. The topological polar surface area (TPSA) is 65.2 Å². The van der Waals surface area contributed by atoms with E-state index < -0.39 is 10.8 Å². The molecule has 0 fully saturated rings. The minimum atomic E-state index is -1.10. The molecule has 0 saturated heterocycles. The van der Waals surface area contributed by atoms with Crippen molar-refractivity contribution in [2.75, 3.05) is 7.11 Å². The van der Waals surface area contributed by atoms with Crippen LogP contribution < -0.4 is 4.74 Å². The van der Waals surface area contributed by atoms with Crippen LogP contribution in [-0.2, 0) is 22.3 Å². The number of hydrogen-bond acceptors (Lipinski definition) is 6. The highest BCUT2D eigenvalue weighted by atomic mass is 32.2. The second kappa shape index (κ2) is 6.85. The van der Waals surface area contributed by atoms with E-state index in [4.69, 9.17) is 9.26 Å². The van der Waals surface area contributed by atoms with E-state index in [1.54, 1.807) is 18.4 Å². The predicted molar refractivity (Wildman–Crippen MR) is 86.2 cm³/mol. The quantitative estimate of drug-likeness (QED) is 0.692. The van der Waals surface area contributed by atoms with Gasteiger partial charge in [-0.1, -0.05) is 17.3 Å². The molecule has 0 radical (unpaired) electrons. The monoisotopic (exact) mass is 334 g/mol. The lowest BCUT2D eigenvalue weighted by atomic mass is 10.2. The zero-order valence-electron chi connectivity index (χ0n) is 11.9. The molecule has 114 valence electrons. The molecular formula is C15H14N2O3S2. The molecule has 5 nitrogen and oxygen atoms in total. The molecule has 3 aromatic rings. The van der Waals surface area contributed by atoms with Gasteiger partial charge in [0, 0.05) is 21.9 Å². The lowest BCUT2D eigenvalue weighted by molar-refractivity contribution is 0.414. The fourth-order valence-corrected chi connectivity index (χ4v) is 3.65. The van der Waals surface area contributed by atoms with Crippen LogP contribution in [0.15, 0.2) is 45.6 Å². The summed E-state index contributed by atoms with van der Waals surface area (Å²) in [6.07, 6.45) is 0. The van der Waals surface area contributed by atoms with Crippen LogP contribution in [0.5, 0.6) is 5.75 Å². The highest BCUT2D eigenvalue weighted by Gasteiger charge is 2.12. The molecule has 0 saturated carbocycles. The van der Waals surface area contributed by atoms with Crippen molar-refractivity contribution in [1.82, 2.24) is 10.1 Å². The Bertz CT molecular complexity index is 769. The third kappa shape index (κ3) is 3.61. The molecule has 1 atom stereocenters. The van der Waals surface area contributed by atoms with Crippen LogP contribution >= 0.6 is 11.3 Å². The van der Waals surface area contributed by atoms with E-state index in [9.17, 15) is 4.21 Å². The Morgan fingerprint density at radius 1 is 1.32 bits per heavy atom. The molecule has 7 heteroatoms. The molecule has 0 aliphatic carbocycles. The summed E-state index contributed by atoms with van der Waals surface area (Å²) in [7, 11) is 0.509. The smallest absolute Gasteiger partial charge is 0.258 e. The molecular weight excluding hydrogens is 320 g/mol. The van der Waals surface area contributed by atoms with Gasteiger partial charge in [-0.15, -0.1) is 0 Å². The fourth-order valence-electron chi connectivity index (χ4n) is 1.96.